The average molecular weight is 486 g/mol. The summed E-state index contributed by atoms with van der Waals surface area (Å²) in [5.74, 6) is 1.22. The smallest absolute Gasteiger partial charge is 0.249 e. The Balaban J connectivity index is 2.12. The molecule has 1 aromatic carbocycles. The van der Waals surface area contributed by atoms with Gasteiger partial charge in [-0.2, -0.15) is 0 Å². The van der Waals surface area contributed by atoms with E-state index in [1.807, 2.05) is 54.1 Å². The summed E-state index contributed by atoms with van der Waals surface area (Å²) >= 11 is 0. The van der Waals surface area contributed by atoms with Crippen LogP contribution in [-0.2, 0) is 16.1 Å². The number of methoxy groups -OCH3 is 1. The maximum atomic E-state index is 13.3. The van der Waals surface area contributed by atoms with E-state index >= 15 is 0 Å². The number of aryl methyl sites for hydroxylation is 1. The Kier molecular flexibility index (Phi) is 8.80. The maximum absolute atomic E-state index is 13.3. The number of aromatic nitrogens is 3. The quantitative estimate of drug-likeness (QED) is 0.438. The molecule has 3 aromatic rings. The van der Waals surface area contributed by atoms with Crippen molar-refractivity contribution < 1.29 is 18.4 Å². The molecular weight excluding hydrogens is 449 g/mol. The fraction of sp³-hybridized carbons (Fsp3) is 0.500. The molecule has 2 atom stereocenters. The van der Waals surface area contributed by atoms with Crippen LogP contribution in [0.25, 0.3) is 11.3 Å². The van der Waals surface area contributed by atoms with E-state index in [1.165, 1.54) is 7.11 Å². The van der Waals surface area contributed by atoms with Crippen molar-refractivity contribution in [2.45, 2.75) is 52.7 Å². The molecule has 0 saturated heterocycles. The monoisotopic (exact) mass is 485 g/mol. The van der Waals surface area contributed by atoms with Crippen LogP contribution in [0.5, 0.6) is 0 Å². The Morgan fingerprint density at radius 2 is 2.00 bits per heavy atom. The van der Waals surface area contributed by atoms with Crippen LogP contribution in [0.1, 0.15) is 50.5 Å². The Bertz CT molecular complexity index is 1090. The number of hydrogen-bond donors (Lipinski definition) is 1. The summed E-state index contributed by atoms with van der Waals surface area (Å²) in [6.07, 6.45) is 2.30. The minimum atomic E-state index is -0.648. The van der Waals surface area contributed by atoms with Crippen LogP contribution in [0, 0.1) is 12.3 Å². The molecule has 8 nitrogen and oxygen atoms in total. The number of carbonyl (C=O) groups excluding carboxylic acids is 1. The lowest BCUT2D eigenvalue weighted by molar-refractivity contribution is -0.140. The minimum absolute atomic E-state index is 0.0911. The van der Waals surface area contributed by atoms with Gasteiger partial charge in [-0.1, -0.05) is 56.3 Å². The normalized spacial score (nSPS) is 13.6. The molecule has 2 N–H and O–H groups in total. The standard InChI is InChI=1S/C26H36FN5O3/c1-18-13-21(30-35-18)15-31-16-22(19-9-7-6-8-10-19)29-25(31)24(26(2,3)4)32(23(33)17-34-5)12-11-20(28)14-27/h6-10,13,16,20,24H,11-12,14-15,17,28H2,1-5H3/t20-,24-/m0/s1. The number of nitrogens with zero attached hydrogens (tertiary/aromatic N) is 4. The zero-order chi connectivity index (χ0) is 25.6. The Morgan fingerprint density at radius 1 is 1.29 bits per heavy atom. The van der Waals surface area contributed by atoms with Crippen LogP contribution in [0.4, 0.5) is 4.39 Å². The average Bonchev–Trinajstić information content (AvgIpc) is 3.42. The maximum Gasteiger partial charge on any atom is 0.249 e. The first kappa shape index (κ1) is 26.6. The molecule has 2 heterocycles. The zero-order valence-electron chi connectivity index (χ0n) is 21.2. The predicted octanol–water partition coefficient (Wildman–Crippen LogP) is 4.14. The SMILES string of the molecule is COCC(=O)N(CC[C@H](N)CF)[C@@H](c1nc(-c2ccccc2)cn1Cc1cc(C)on1)C(C)(C)C. The van der Waals surface area contributed by atoms with Gasteiger partial charge in [0.05, 0.1) is 18.3 Å². The van der Waals surface area contributed by atoms with Crippen LogP contribution in [0.3, 0.4) is 0 Å². The lowest BCUT2D eigenvalue weighted by Crippen LogP contribution is -2.45. The Morgan fingerprint density at radius 3 is 2.57 bits per heavy atom. The second-order valence-electron chi connectivity index (χ2n) is 9.90. The Hall–Kier alpha value is -3.04. The van der Waals surface area contributed by atoms with Crippen molar-refractivity contribution in [3.8, 4) is 11.3 Å². The molecule has 0 spiro atoms. The fourth-order valence-corrected chi connectivity index (χ4v) is 4.17. The summed E-state index contributed by atoms with van der Waals surface area (Å²) in [5, 5.41) is 4.15. The highest BCUT2D eigenvalue weighted by atomic mass is 19.1. The van der Waals surface area contributed by atoms with Gasteiger partial charge in [-0.25, -0.2) is 9.37 Å². The van der Waals surface area contributed by atoms with Gasteiger partial charge >= 0.3 is 0 Å². The van der Waals surface area contributed by atoms with Crippen LogP contribution in [0.15, 0.2) is 47.1 Å². The summed E-state index contributed by atoms with van der Waals surface area (Å²) in [4.78, 5) is 20.0. The molecule has 0 bridgehead atoms. The molecule has 9 heteroatoms. The molecule has 0 aliphatic heterocycles. The zero-order valence-corrected chi connectivity index (χ0v) is 21.2. The highest BCUT2D eigenvalue weighted by Gasteiger charge is 2.38. The molecule has 2 aromatic heterocycles. The number of ether oxygens (including phenoxy) is 1. The number of alkyl halides is 1. The van der Waals surface area contributed by atoms with Crippen LogP contribution in [-0.4, -0.2) is 58.5 Å². The van der Waals surface area contributed by atoms with Crippen LogP contribution < -0.4 is 5.73 Å². The van der Waals surface area contributed by atoms with E-state index in [-0.39, 0.29) is 19.1 Å². The molecule has 0 aliphatic rings. The summed E-state index contributed by atoms with van der Waals surface area (Å²) in [6.45, 7) is 7.99. The van der Waals surface area contributed by atoms with Crippen molar-refractivity contribution in [3.05, 3.63) is 59.9 Å². The number of carbonyl (C=O) groups is 1. The summed E-state index contributed by atoms with van der Waals surface area (Å²) in [7, 11) is 1.48. The number of halogens is 1. The predicted molar refractivity (Wildman–Crippen MR) is 132 cm³/mol. The van der Waals surface area contributed by atoms with E-state index in [4.69, 9.17) is 20.0 Å². The van der Waals surface area contributed by atoms with Gasteiger partial charge in [0.2, 0.25) is 5.91 Å². The molecule has 0 fully saturated rings. The molecular formula is C26H36FN5O3. The van der Waals surface area contributed by atoms with Crippen molar-refractivity contribution >= 4 is 5.91 Å². The fourth-order valence-electron chi connectivity index (χ4n) is 4.17. The highest BCUT2D eigenvalue weighted by Crippen LogP contribution is 2.39. The molecule has 0 aliphatic carbocycles. The van der Waals surface area contributed by atoms with Gasteiger partial charge in [-0.3, -0.25) is 4.79 Å². The van der Waals surface area contributed by atoms with Crippen molar-refractivity contribution in [2.24, 2.45) is 11.1 Å². The third kappa shape index (κ3) is 6.76. The Labute approximate surface area is 206 Å². The molecule has 0 radical (unpaired) electrons. The number of nitrogens with two attached hydrogens (primary N) is 1. The summed E-state index contributed by atoms with van der Waals surface area (Å²) in [5.41, 5.74) is 7.97. The topological polar surface area (TPSA) is 99.4 Å². The van der Waals surface area contributed by atoms with Crippen LogP contribution >= 0.6 is 0 Å². The van der Waals surface area contributed by atoms with Gasteiger partial charge in [-0.15, -0.1) is 0 Å². The largest absolute Gasteiger partial charge is 0.375 e. The van der Waals surface area contributed by atoms with Gasteiger partial charge in [0.1, 0.15) is 30.6 Å². The van der Waals surface area contributed by atoms with E-state index in [9.17, 15) is 9.18 Å². The lowest BCUT2D eigenvalue weighted by atomic mass is 9.84. The third-order valence-electron chi connectivity index (χ3n) is 5.79. The number of imidazole rings is 1. The van der Waals surface area contributed by atoms with Gasteiger partial charge in [0, 0.05) is 37.5 Å². The van der Waals surface area contributed by atoms with Crippen molar-refractivity contribution in [1.82, 2.24) is 19.6 Å². The van der Waals surface area contributed by atoms with E-state index in [0.29, 0.717) is 18.8 Å². The first-order valence-electron chi connectivity index (χ1n) is 11.8. The summed E-state index contributed by atoms with van der Waals surface area (Å²) < 4.78 is 25.6. The number of benzene rings is 1. The molecule has 190 valence electrons. The number of hydrogen-bond acceptors (Lipinski definition) is 6. The van der Waals surface area contributed by atoms with Crippen molar-refractivity contribution in [2.75, 3.05) is 26.9 Å². The van der Waals surface area contributed by atoms with E-state index in [0.717, 1.165) is 22.7 Å². The van der Waals surface area contributed by atoms with E-state index < -0.39 is 24.2 Å². The molecule has 0 saturated carbocycles. The second kappa shape index (κ2) is 11.6. The first-order chi connectivity index (χ1) is 16.6. The molecule has 1 amide bonds. The van der Waals surface area contributed by atoms with Gasteiger partial charge < -0.3 is 24.5 Å². The second-order valence-corrected chi connectivity index (χ2v) is 9.90. The number of amides is 1. The minimum Gasteiger partial charge on any atom is -0.375 e. The van der Waals surface area contributed by atoms with Gasteiger partial charge in [0.15, 0.2) is 0 Å². The number of rotatable bonds is 11. The summed E-state index contributed by atoms with van der Waals surface area (Å²) in [6, 6.07) is 10.7. The van der Waals surface area contributed by atoms with Gasteiger partial charge in [0.25, 0.3) is 0 Å². The highest BCUT2D eigenvalue weighted by molar-refractivity contribution is 5.78. The molecule has 3 rings (SSSR count). The van der Waals surface area contributed by atoms with Crippen molar-refractivity contribution in [1.29, 1.82) is 0 Å². The molecule has 35 heavy (non-hydrogen) atoms. The molecule has 0 unspecified atom stereocenters. The van der Waals surface area contributed by atoms with Crippen LogP contribution in [0.2, 0.25) is 0 Å². The van der Waals surface area contributed by atoms with E-state index in [2.05, 4.69) is 25.9 Å². The third-order valence-corrected chi connectivity index (χ3v) is 5.79. The lowest BCUT2D eigenvalue weighted by Gasteiger charge is -2.40. The first-order valence-corrected chi connectivity index (χ1v) is 11.8. The van der Waals surface area contributed by atoms with E-state index in [1.54, 1.807) is 4.90 Å². The van der Waals surface area contributed by atoms with Crippen molar-refractivity contribution in [3.63, 3.8) is 0 Å². The van der Waals surface area contributed by atoms with Gasteiger partial charge in [-0.05, 0) is 18.8 Å².